The molecule has 7 nitrogen and oxygen atoms in total. The maximum Gasteiger partial charge on any atom is 0.328 e. The number of halogens is 1. The SMILES string of the molecule is Fc1ccc(-c2cc(N3CCCNCC3)nc3c2CCCCCC3)cc1.O=C(O)/C=C\C(=O)O. The molecule has 0 spiro atoms. The van der Waals surface area contributed by atoms with Crippen molar-refractivity contribution in [2.75, 3.05) is 31.1 Å². The van der Waals surface area contributed by atoms with E-state index in [1.165, 1.54) is 42.5 Å². The average Bonchev–Trinajstić information content (AvgIpc) is 3.08. The molecule has 2 aromatic rings. The zero-order valence-corrected chi connectivity index (χ0v) is 19.3. The second kappa shape index (κ2) is 12.8. The van der Waals surface area contributed by atoms with Crippen LogP contribution in [-0.2, 0) is 22.4 Å². The number of fused-ring (bicyclic) bond motifs is 1. The molecule has 0 radical (unpaired) electrons. The van der Waals surface area contributed by atoms with Gasteiger partial charge in [-0.2, -0.15) is 0 Å². The van der Waals surface area contributed by atoms with Crippen LogP contribution < -0.4 is 10.2 Å². The molecular weight excluding hydrogens is 437 g/mol. The van der Waals surface area contributed by atoms with Crippen LogP contribution in [0.15, 0.2) is 42.5 Å². The minimum absolute atomic E-state index is 0.176. The summed E-state index contributed by atoms with van der Waals surface area (Å²) in [6.07, 6.45) is 9.42. The predicted octanol–water partition coefficient (Wildman–Crippen LogP) is 4.06. The molecule has 182 valence electrons. The number of carbonyl (C=O) groups is 2. The molecule has 3 N–H and O–H groups in total. The first kappa shape index (κ1) is 25.4. The van der Waals surface area contributed by atoms with Gasteiger partial charge < -0.3 is 20.4 Å². The number of aryl methyl sites for hydroxylation is 1. The summed E-state index contributed by atoms with van der Waals surface area (Å²) in [5, 5.41) is 19.1. The van der Waals surface area contributed by atoms with E-state index in [2.05, 4.69) is 16.3 Å². The first-order chi connectivity index (χ1) is 16.4. The van der Waals surface area contributed by atoms with Crippen LogP contribution in [0.5, 0.6) is 0 Å². The number of rotatable bonds is 4. The van der Waals surface area contributed by atoms with E-state index in [9.17, 15) is 14.0 Å². The first-order valence-corrected chi connectivity index (χ1v) is 11.8. The van der Waals surface area contributed by atoms with E-state index < -0.39 is 11.9 Å². The lowest BCUT2D eigenvalue weighted by atomic mass is 9.90. The fourth-order valence-electron chi connectivity index (χ4n) is 4.31. The van der Waals surface area contributed by atoms with Gasteiger partial charge >= 0.3 is 11.9 Å². The molecule has 0 bridgehead atoms. The van der Waals surface area contributed by atoms with E-state index in [-0.39, 0.29) is 5.82 Å². The molecule has 0 amide bonds. The largest absolute Gasteiger partial charge is 0.478 e. The van der Waals surface area contributed by atoms with Crippen molar-refractivity contribution in [3.05, 3.63) is 59.6 Å². The highest BCUT2D eigenvalue weighted by Gasteiger charge is 2.19. The molecule has 1 fully saturated rings. The summed E-state index contributed by atoms with van der Waals surface area (Å²) >= 11 is 0. The van der Waals surface area contributed by atoms with Crippen molar-refractivity contribution in [2.24, 2.45) is 0 Å². The van der Waals surface area contributed by atoms with Crippen LogP contribution in [0, 0.1) is 5.82 Å². The average molecular weight is 470 g/mol. The molecule has 0 atom stereocenters. The molecule has 2 heterocycles. The number of carboxylic acid groups (broad SMARTS) is 2. The van der Waals surface area contributed by atoms with Gasteiger partial charge in [0.2, 0.25) is 0 Å². The van der Waals surface area contributed by atoms with Crippen molar-refractivity contribution < 1.29 is 24.2 Å². The third-order valence-electron chi connectivity index (χ3n) is 5.97. The quantitative estimate of drug-likeness (QED) is 0.581. The van der Waals surface area contributed by atoms with Gasteiger partial charge in [-0.3, -0.25) is 0 Å². The van der Waals surface area contributed by atoms with Crippen molar-refractivity contribution in [2.45, 2.75) is 44.9 Å². The molecule has 0 unspecified atom stereocenters. The normalized spacial score (nSPS) is 16.4. The lowest BCUT2D eigenvalue weighted by Gasteiger charge is -2.25. The van der Waals surface area contributed by atoms with Gasteiger partial charge in [0.1, 0.15) is 11.6 Å². The van der Waals surface area contributed by atoms with E-state index in [1.807, 2.05) is 12.1 Å². The standard InChI is InChI=1S/C22H28FN3.C4H4O4/c23-18-10-8-17(9-11-18)20-16-22(26-14-5-12-24-13-15-26)25-21-7-4-2-1-3-6-19(20)21;5-3(6)1-2-4(7)8/h8-11,16,24H,1-7,12-15H2;1-2H,(H,5,6)(H,7,8)/b;2-1-. The lowest BCUT2D eigenvalue weighted by Crippen LogP contribution is -2.29. The Hall–Kier alpha value is -3.26. The van der Waals surface area contributed by atoms with Crippen LogP contribution in [-0.4, -0.2) is 53.3 Å². The van der Waals surface area contributed by atoms with E-state index in [1.54, 1.807) is 12.1 Å². The number of anilines is 1. The number of hydrogen-bond acceptors (Lipinski definition) is 5. The van der Waals surface area contributed by atoms with Gasteiger partial charge in [-0.15, -0.1) is 0 Å². The van der Waals surface area contributed by atoms with Crippen LogP contribution in [0.1, 0.15) is 43.4 Å². The number of aliphatic carboxylic acids is 2. The summed E-state index contributed by atoms with van der Waals surface area (Å²) < 4.78 is 13.4. The second-order valence-electron chi connectivity index (χ2n) is 8.47. The Kier molecular flexibility index (Phi) is 9.58. The lowest BCUT2D eigenvalue weighted by molar-refractivity contribution is -0.134. The molecule has 1 aliphatic heterocycles. The molecule has 4 rings (SSSR count). The van der Waals surface area contributed by atoms with Crippen molar-refractivity contribution >= 4 is 17.8 Å². The van der Waals surface area contributed by atoms with E-state index in [4.69, 9.17) is 15.2 Å². The molecule has 1 saturated heterocycles. The van der Waals surface area contributed by atoms with Crippen LogP contribution in [0.2, 0.25) is 0 Å². The zero-order valence-electron chi connectivity index (χ0n) is 19.3. The van der Waals surface area contributed by atoms with Gasteiger partial charge in [0.15, 0.2) is 0 Å². The van der Waals surface area contributed by atoms with Crippen molar-refractivity contribution in [1.82, 2.24) is 10.3 Å². The van der Waals surface area contributed by atoms with Gasteiger partial charge in [0.05, 0.1) is 0 Å². The molecule has 1 aromatic heterocycles. The third kappa shape index (κ3) is 7.66. The molecular formula is C26H32FN3O4. The fraction of sp³-hybridized carbons (Fsp3) is 0.423. The summed E-state index contributed by atoms with van der Waals surface area (Å²) in [5.74, 6) is -1.60. The number of pyridine rings is 1. The van der Waals surface area contributed by atoms with Gasteiger partial charge in [-0.05, 0) is 73.5 Å². The maximum atomic E-state index is 13.4. The highest BCUT2D eigenvalue weighted by molar-refractivity contribution is 5.89. The van der Waals surface area contributed by atoms with Crippen LogP contribution in [0.3, 0.4) is 0 Å². The Morgan fingerprint density at radius 2 is 1.59 bits per heavy atom. The number of nitrogens with zero attached hydrogens (tertiary/aromatic N) is 2. The van der Waals surface area contributed by atoms with Crippen molar-refractivity contribution in [1.29, 1.82) is 0 Å². The van der Waals surface area contributed by atoms with E-state index in [0.717, 1.165) is 56.8 Å². The first-order valence-electron chi connectivity index (χ1n) is 11.8. The van der Waals surface area contributed by atoms with Crippen LogP contribution in [0.25, 0.3) is 11.1 Å². The molecule has 1 aliphatic carbocycles. The number of nitrogens with one attached hydrogen (secondary N) is 1. The monoisotopic (exact) mass is 469 g/mol. The van der Waals surface area contributed by atoms with Crippen LogP contribution >= 0.6 is 0 Å². The summed E-state index contributed by atoms with van der Waals surface area (Å²) in [5.41, 5.74) is 5.01. The third-order valence-corrected chi connectivity index (χ3v) is 5.97. The van der Waals surface area contributed by atoms with Gasteiger partial charge in [-0.1, -0.05) is 25.0 Å². The molecule has 34 heavy (non-hydrogen) atoms. The smallest absolute Gasteiger partial charge is 0.328 e. The minimum atomic E-state index is -1.26. The Balaban J connectivity index is 0.000000350. The van der Waals surface area contributed by atoms with Crippen LogP contribution in [0.4, 0.5) is 10.2 Å². The minimum Gasteiger partial charge on any atom is -0.478 e. The summed E-state index contributed by atoms with van der Waals surface area (Å²) in [4.78, 5) is 26.6. The topological polar surface area (TPSA) is 103 Å². The second-order valence-corrected chi connectivity index (χ2v) is 8.47. The summed E-state index contributed by atoms with van der Waals surface area (Å²) in [6, 6.07) is 9.22. The van der Waals surface area contributed by atoms with E-state index >= 15 is 0 Å². The number of aromatic nitrogens is 1. The molecule has 2 aliphatic rings. The Bertz CT molecular complexity index is 984. The van der Waals surface area contributed by atoms with Crippen molar-refractivity contribution in [3.63, 3.8) is 0 Å². The summed E-state index contributed by atoms with van der Waals surface area (Å²) in [7, 11) is 0. The number of hydrogen-bond donors (Lipinski definition) is 3. The number of carboxylic acids is 2. The Morgan fingerprint density at radius 1 is 0.912 bits per heavy atom. The van der Waals surface area contributed by atoms with Crippen molar-refractivity contribution in [3.8, 4) is 11.1 Å². The van der Waals surface area contributed by atoms with Gasteiger partial charge in [0.25, 0.3) is 0 Å². The van der Waals surface area contributed by atoms with Gasteiger partial charge in [0, 0.05) is 37.5 Å². The highest BCUT2D eigenvalue weighted by Crippen LogP contribution is 2.33. The fourth-order valence-corrected chi connectivity index (χ4v) is 4.31. The van der Waals surface area contributed by atoms with Gasteiger partial charge in [-0.25, -0.2) is 19.0 Å². The Morgan fingerprint density at radius 3 is 2.26 bits per heavy atom. The number of benzene rings is 1. The highest BCUT2D eigenvalue weighted by atomic mass is 19.1. The zero-order chi connectivity index (χ0) is 24.3. The molecule has 0 saturated carbocycles. The van der Waals surface area contributed by atoms with E-state index in [0.29, 0.717) is 12.2 Å². The molecule has 8 heteroatoms. The maximum absolute atomic E-state index is 13.4. The molecule has 1 aromatic carbocycles. The summed E-state index contributed by atoms with van der Waals surface area (Å²) in [6.45, 7) is 4.12. The predicted molar refractivity (Wildman–Crippen MR) is 130 cm³/mol. The Labute approximate surface area is 199 Å².